The maximum absolute atomic E-state index is 13.9. The first-order chi connectivity index (χ1) is 13.6. The van der Waals surface area contributed by atoms with Crippen molar-refractivity contribution in [1.29, 1.82) is 5.26 Å². The molecule has 1 heterocycles. The van der Waals surface area contributed by atoms with Crippen molar-refractivity contribution in [2.24, 2.45) is 4.99 Å². The van der Waals surface area contributed by atoms with Gasteiger partial charge in [0.05, 0.1) is 23.4 Å². The summed E-state index contributed by atoms with van der Waals surface area (Å²) in [6.07, 6.45) is 3.63. The molecule has 3 aromatic rings. The van der Waals surface area contributed by atoms with Crippen molar-refractivity contribution < 1.29 is 4.39 Å². The fraction of sp³-hybridized carbons (Fsp3) is 0.190. The molecule has 0 saturated heterocycles. The van der Waals surface area contributed by atoms with Gasteiger partial charge in [-0.3, -0.25) is 4.99 Å². The largest absolute Gasteiger partial charge is 0.352 e. The third-order valence-corrected chi connectivity index (χ3v) is 4.34. The second-order valence-corrected chi connectivity index (χ2v) is 6.26. The van der Waals surface area contributed by atoms with Gasteiger partial charge in [-0.25, -0.2) is 9.07 Å². The average Bonchev–Trinajstić information content (AvgIpc) is 3.27. The summed E-state index contributed by atoms with van der Waals surface area (Å²) in [7, 11) is 1.66. The van der Waals surface area contributed by atoms with E-state index in [1.54, 1.807) is 17.9 Å². The van der Waals surface area contributed by atoms with Crippen LogP contribution in [0.2, 0.25) is 0 Å². The lowest BCUT2D eigenvalue weighted by atomic mass is 10.1. The minimum Gasteiger partial charge on any atom is -0.352 e. The number of aromatic nitrogens is 2. The van der Waals surface area contributed by atoms with Gasteiger partial charge in [0, 0.05) is 31.5 Å². The van der Waals surface area contributed by atoms with Crippen LogP contribution in [0, 0.1) is 17.1 Å². The van der Waals surface area contributed by atoms with Gasteiger partial charge in [0.1, 0.15) is 5.82 Å². The lowest BCUT2D eigenvalue weighted by Crippen LogP contribution is -2.38. The minimum atomic E-state index is -0.359. The first-order valence-corrected chi connectivity index (χ1v) is 8.86. The van der Waals surface area contributed by atoms with Crippen molar-refractivity contribution >= 4 is 29.9 Å². The number of benzene rings is 2. The topological polar surface area (TPSA) is 78.0 Å². The second-order valence-electron chi connectivity index (χ2n) is 6.26. The van der Waals surface area contributed by atoms with Gasteiger partial charge < -0.3 is 10.6 Å². The van der Waals surface area contributed by atoms with Crippen LogP contribution >= 0.6 is 24.0 Å². The summed E-state index contributed by atoms with van der Waals surface area (Å²) in [4.78, 5) is 4.20. The highest BCUT2D eigenvalue weighted by molar-refractivity contribution is 14.0. The number of guanidine groups is 1. The molecule has 0 radical (unpaired) electrons. The maximum Gasteiger partial charge on any atom is 0.191 e. The Morgan fingerprint density at radius 3 is 2.79 bits per heavy atom. The van der Waals surface area contributed by atoms with E-state index in [1.165, 1.54) is 18.2 Å². The number of aliphatic imine (C=N–C) groups is 1. The van der Waals surface area contributed by atoms with Gasteiger partial charge >= 0.3 is 0 Å². The molecule has 0 saturated carbocycles. The molecule has 0 spiro atoms. The third-order valence-electron chi connectivity index (χ3n) is 4.34. The third kappa shape index (κ3) is 5.77. The summed E-state index contributed by atoms with van der Waals surface area (Å²) in [5.74, 6) is 0.181. The van der Waals surface area contributed by atoms with Crippen LogP contribution in [-0.4, -0.2) is 22.8 Å². The van der Waals surface area contributed by atoms with Gasteiger partial charge in [-0.15, -0.1) is 24.0 Å². The highest BCUT2D eigenvalue weighted by atomic mass is 127. The van der Waals surface area contributed by atoms with E-state index in [4.69, 9.17) is 5.26 Å². The molecular weight excluding hydrogens is 482 g/mol. The zero-order chi connectivity index (χ0) is 19.9. The summed E-state index contributed by atoms with van der Waals surface area (Å²) in [5, 5.41) is 19.6. The number of hydrogen-bond donors (Lipinski definition) is 2. The van der Waals surface area contributed by atoms with Crippen molar-refractivity contribution in [2.75, 3.05) is 7.05 Å². The molecule has 1 aromatic heterocycles. The molecule has 2 aromatic carbocycles. The van der Waals surface area contributed by atoms with Crippen LogP contribution in [0.5, 0.6) is 0 Å². The summed E-state index contributed by atoms with van der Waals surface area (Å²) in [5.41, 5.74) is 2.86. The van der Waals surface area contributed by atoms with Gasteiger partial charge in [0.2, 0.25) is 0 Å². The maximum atomic E-state index is 13.9. The summed E-state index contributed by atoms with van der Waals surface area (Å²) < 4.78 is 15.7. The first kappa shape index (κ1) is 22.4. The van der Waals surface area contributed by atoms with Crippen LogP contribution in [0.3, 0.4) is 0 Å². The van der Waals surface area contributed by atoms with Crippen LogP contribution in [-0.2, 0) is 6.54 Å². The Morgan fingerprint density at radius 1 is 1.28 bits per heavy atom. The minimum absolute atomic E-state index is 0. The molecule has 150 valence electrons. The fourth-order valence-corrected chi connectivity index (χ4v) is 2.80. The van der Waals surface area contributed by atoms with E-state index in [2.05, 4.69) is 20.7 Å². The zero-order valence-electron chi connectivity index (χ0n) is 16.1. The van der Waals surface area contributed by atoms with Gasteiger partial charge in [0.15, 0.2) is 5.96 Å². The van der Waals surface area contributed by atoms with Crippen LogP contribution < -0.4 is 10.6 Å². The first-order valence-electron chi connectivity index (χ1n) is 8.86. The molecule has 3 rings (SSSR count). The standard InChI is InChI=1S/C21H21FN6.HI/c1-15(17-5-3-6-19(12-17)28-10-4-9-26-28)27-21(24-2)25-14-18-11-16(13-23)7-8-20(18)22;/h3-12,15H,14H2,1-2H3,(H2,24,25,27);1H. The molecule has 1 unspecified atom stereocenters. The molecule has 0 bridgehead atoms. The molecule has 2 N–H and O–H groups in total. The van der Waals surface area contributed by atoms with Crippen LogP contribution in [0.25, 0.3) is 5.69 Å². The van der Waals surface area contributed by atoms with Gasteiger partial charge in [-0.1, -0.05) is 12.1 Å². The quantitative estimate of drug-likeness (QED) is 0.314. The highest BCUT2D eigenvalue weighted by Crippen LogP contribution is 2.16. The zero-order valence-corrected chi connectivity index (χ0v) is 18.5. The van der Waals surface area contributed by atoms with E-state index < -0.39 is 0 Å². The molecule has 0 amide bonds. The Bertz CT molecular complexity index is 1010. The summed E-state index contributed by atoms with van der Waals surface area (Å²) in [6, 6.07) is 16.2. The Kier molecular flexibility index (Phi) is 8.15. The van der Waals surface area contributed by atoms with Gasteiger partial charge in [-0.05, 0) is 48.9 Å². The molecule has 1 atom stereocenters. The van der Waals surface area contributed by atoms with Crippen LogP contribution in [0.15, 0.2) is 65.9 Å². The van der Waals surface area contributed by atoms with Crippen molar-refractivity contribution in [2.45, 2.75) is 19.5 Å². The van der Waals surface area contributed by atoms with E-state index in [0.29, 0.717) is 17.1 Å². The Balaban J connectivity index is 0.00000300. The van der Waals surface area contributed by atoms with Gasteiger partial charge in [0.25, 0.3) is 0 Å². The number of rotatable bonds is 5. The second kappa shape index (κ2) is 10.6. The number of nitrogens with one attached hydrogen (secondary N) is 2. The van der Waals surface area contributed by atoms with Gasteiger partial charge in [-0.2, -0.15) is 10.4 Å². The lowest BCUT2D eigenvalue weighted by Gasteiger charge is -2.19. The predicted molar refractivity (Wildman–Crippen MR) is 122 cm³/mol. The van der Waals surface area contributed by atoms with Crippen LogP contribution in [0.4, 0.5) is 4.39 Å². The van der Waals surface area contributed by atoms with E-state index >= 15 is 0 Å². The fourth-order valence-electron chi connectivity index (χ4n) is 2.80. The number of nitriles is 1. The van der Waals surface area contributed by atoms with E-state index in [-0.39, 0.29) is 42.4 Å². The molecule has 0 aliphatic heterocycles. The van der Waals surface area contributed by atoms with Crippen molar-refractivity contribution in [3.8, 4) is 11.8 Å². The molecule has 8 heteroatoms. The Hall–Kier alpha value is -2.93. The normalized spacial score (nSPS) is 11.9. The number of hydrogen-bond acceptors (Lipinski definition) is 3. The Labute approximate surface area is 186 Å². The van der Waals surface area contributed by atoms with E-state index in [1.807, 2.05) is 49.5 Å². The molecule has 29 heavy (non-hydrogen) atoms. The lowest BCUT2D eigenvalue weighted by molar-refractivity contribution is 0.602. The van der Waals surface area contributed by atoms with Crippen molar-refractivity contribution in [3.05, 3.63) is 83.4 Å². The Morgan fingerprint density at radius 2 is 2.10 bits per heavy atom. The highest BCUT2D eigenvalue weighted by Gasteiger charge is 2.10. The van der Waals surface area contributed by atoms with Crippen molar-refractivity contribution in [1.82, 2.24) is 20.4 Å². The van der Waals surface area contributed by atoms with E-state index in [0.717, 1.165) is 11.3 Å². The molecule has 6 nitrogen and oxygen atoms in total. The average molecular weight is 504 g/mol. The summed E-state index contributed by atoms with van der Waals surface area (Å²) >= 11 is 0. The van der Waals surface area contributed by atoms with Crippen LogP contribution in [0.1, 0.15) is 29.7 Å². The SMILES string of the molecule is CN=C(NCc1cc(C#N)ccc1F)NC(C)c1cccc(-n2cccn2)c1.I. The predicted octanol–water partition coefficient (Wildman–Crippen LogP) is 3.93. The molecular formula is C21H22FIN6. The smallest absolute Gasteiger partial charge is 0.191 e. The van der Waals surface area contributed by atoms with E-state index in [9.17, 15) is 4.39 Å². The number of halogens is 2. The molecule has 0 aliphatic rings. The number of nitrogens with zero attached hydrogens (tertiary/aromatic N) is 4. The molecule has 0 aliphatic carbocycles. The molecule has 0 fully saturated rings. The van der Waals surface area contributed by atoms with Crippen molar-refractivity contribution in [3.63, 3.8) is 0 Å². The summed E-state index contributed by atoms with van der Waals surface area (Å²) in [6.45, 7) is 2.24. The monoisotopic (exact) mass is 504 g/mol.